The molecule has 8 unspecified atom stereocenters. The van der Waals surface area contributed by atoms with Crippen LogP contribution in [0.3, 0.4) is 0 Å². The Balaban J connectivity index is 2.18. The molecule has 0 bridgehead atoms. The van der Waals surface area contributed by atoms with Crippen molar-refractivity contribution in [3.8, 4) is 0 Å². The minimum Gasteiger partial charge on any atom is -0.394 e. The first-order valence-electron chi connectivity index (χ1n) is 30.0. The van der Waals surface area contributed by atoms with Gasteiger partial charge in [0, 0.05) is 0 Å². The summed E-state index contributed by atoms with van der Waals surface area (Å²) < 4.78 is 11.2. The monoisotopic (exact) mass is 1000 g/mol. The van der Waals surface area contributed by atoms with Gasteiger partial charge in [-0.15, -0.1) is 0 Å². The molecule has 1 aliphatic heterocycles. The van der Waals surface area contributed by atoms with Crippen molar-refractivity contribution in [3.05, 3.63) is 48.6 Å². The summed E-state index contributed by atoms with van der Waals surface area (Å²) in [6.45, 7) is 3.60. The predicted octanol–water partition coefficient (Wildman–Crippen LogP) is 13.9. The fourth-order valence-corrected chi connectivity index (χ4v) is 9.39. The van der Waals surface area contributed by atoms with Gasteiger partial charge in [-0.2, -0.15) is 0 Å². The molecular formula is C61H113NO9. The van der Waals surface area contributed by atoms with Gasteiger partial charge in [-0.1, -0.05) is 255 Å². The summed E-state index contributed by atoms with van der Waals surface area (Å²) in [5, 5.41) is 64.9. The number of carbonyl (C=O) groups excluding carboxylic acids is 1. The molecule has 416 valence electrons. The van der Waals surface area contributed by atoms with E-state index in [0.29, 0.717) is 19.3 Å². The van der Waals surface area contributed by atoms with E-state index in [0.717, 1.165) is 38.5 Å². The molecule has 1 fully saturated rings. The van der Waals surface area contributed by atoms with Gasteiger partial charge in [-0.05, 0) is 64.2 Å². The van der Waals surface area contributed by atoms with Crippen molar-refractivity contribution in [1.29, 1.82) is 0 Å². The van der Waals surface area contributed by atoms with Gasteiger partial charge >= 0.3 is 0 Å². The molecule has 1 heterocycles. The molecule has 0 aromatic rings. The molecule has 7 N–H and O–H groups in total. The zero-order chi connectivity index (χ0) is 51.7. The van der Waals surface area contributed by atoms with Crippen LogP contribution in [0.4, 0.5) is 0 Å². The van der Waals surface area contributed by atoms with Gasteiger partial charge in [0.05, 0.1) is 25.4 Å². The standard InChI is InChI=1S/C61H113NO9/c1-3-5-7-9-11-13-15-17-19-20-21-22-23-24-25-26-27-28-29-30-31-32-33-34-35-36-38-40-42-44-46-48-50-55(65)60(69)62-53(52-70-61-59(68)58(67)57(66)56(51-63)71-61)54(64)49-47-45-43-41-39-37-18-16-14-12-10-8-6-4-2/h21-22,24-25,39,41,47,49,53-59,61,63-68H,3-20,23,26-38,40,42-46,48,50-52H2,1-2H3,(H,62,69)/b22-21-,25-24-,41-39+,49-47+. The maximum Gasteiger partial charge on any atom is 0.249 e. The fraction of sp³-hybridized carbons (Fsp3) is 0.852. The highest BCUT2D eigenvalue weighted by molar-refractivity contribution is 5.80. The Morgan fingerprint density at radius 1 is 0.493 bits per heavy atom. The van der Waals surface area contributed by atoms with E-state index in [4.69, 9.17) is 9.47 Å². The number of aliphatic hydroxyl groups excluding tert-OH is 6. The second-order valence-electron chi connectivity index (χ2n) is 20.9. The quantitative estimate of drug-likeness (QED) is 0.0232. The Kier molecular flexibility index (Phi) is 47.5. The van der Waals surface area contributed by atoms with Crippen LogP contribution in [0.5, 0.6) is 0 Å². The molecule has 1 saturated heterocycles. The normalized spacial score (nSPS) is 20.0. The lowest BCUT2D eigenvalue weighted by Crippen LogP contribution is -2.60. The Bertz CT molecular complexity index is 1270. The highest BCUT2D eigenvalue weighted by atomic mass is 16.7. The molecule has 0 saturated carbocycles. The van der Waals surface area contributed by atoms with Crippen molar-refractivity contribution in [1.82, 2.24) is 5.32 Å². The Labute approximate surface area is 436 Å². The number of aliphatic hydroxyl groups is 6. The SMILES string of the molecule is CCCCCCCCCC/C=C/CC/C=C/C(O)C(COC1OC(CO)C(O)C(O)C1O)NC(=O)C(O)CCCCCCCCCCCCCCCCCC/C=C\C/C=C\CCCCCCCCCCC. The summed E-state index contributed by atoms with van der Waals surface area (Å²) in [5.41, 5.74) is 0. The first kappa shape index (κ1) is 67.1. The summed E-state index contributed by atoms with van der Waals surface area (Å²) in [4.78, 5) is 13.1. The number of amides is 1. The van der Waals surface area contributed by atoms with Gasteiger partial charge in [-0.25, -0.2) is 0 Å². The summed E-state index contributed by atoms with van der Waals surface area (Å²) in [6, 6.07) is -0.997. The average molecular weight is 1000 g/mol. The second-order valence-corrected chi connectivity index (χ2v) is 20.9. The van der Waals surface area contributed by atoms with Crippen LogP contribution in [0.15, 0.2) is 48.6 Å². The van der Waals surface area contributed by atoms with E-state index >= 15 is 0 Å². The average Bonchev–Trinajstić information content (AvgIpc) is 3.37. The van der Waals surface area contributed by atoms with Gasteiger partial charge in [0.25, 0.3) is 0 Å². The number of hydrogen-bond donors (Lipinski definition) is 7. The smallest absolute Gasteiger partial charge is 0.249 e. The molecule has 0 aliphatic carbocycles. The summed E-state index contributed by atoms with van der Waals surface area (Å²) in [7, 11) is 0. The minimum atomic E-state index is -1.62. The number of ether oxygens (including phenoxy) is 2. The van der Waals surface area contributed by atoms with Crippen molar-refractivity contribution in [2.75, 3.05) is 13.2 Å². The lowest BCUT2D eigenvalue weighted by atomic mass is 9.99. The van der Waals surface area contributed by atoms with Gasteiger partial charge in [0.15, 0.2) is 6.29 Å². The molecule has 10 nitrogen and oxygen atoms in total. The lowest BCUT2D eigenvalue weighted by molar-refractivity contribution is -0.302. The number of carbonyl (C=O) groups is 1. The summed E-state index contributed by atoms with van der Waals surface area (Å²) in [6.07, 6.45) is 56.6. The van der Waals surface area contributed by atoms with Gasteiger partial charge < -0.3 is 45.4 Å². The lowest BCUT2D eigenvalue weighted by Gasteiger charge is -2.40. The van der Waals surface area contributed by atoms with Gasteiger partial charge in [-0.3, -0.25) is 4.79 Å². The molecule has 0 aromatic carbocycles. The maximum atomic E-state index is 13.1. The highest BCUT2D eigenvalue weighted by Crippen LogP contribution is 2.23. The molecule has 1 rings (SSSR count). The molecule has 0 spiro atoms. The number of rotatable bonds is 51. The Hall–Kier alpha value is -1.89. The zero-order valence-corrected chi connectivity index (χ0v) is 45.8. The van der Waals surface area contributed by atoms with Crippen molar-refractivity contribution < 1.29 is 44.9 Å². The summed E-state index contributed by atoms with van der Waals surface area (Å²) in [5.74, 6) is -0.625. The van der Waals surface area contributed by atoms with Crippen LogP contribution in [-0.4, -0.2) is 98.7 Å². The van der Waals surface area contributed by atoms with E-state index < -0.39 is 61.5 Å². The summed E-state index contributed by atoms with van der Waals surface area (Å²) >= 11 is 0. The Morgan fingerprint density at radius 3 is 1.31 bits per heavy atom. The van der Waals surface area contributed by atoms with Crippen LogP contribution in [0.25, 0.3) is 0 Å². The number of allylic oxidation sites excluding steroid dienone is 7. The number of unbranched alkanes of at least 4 members (excludes halogenated alkanes) is 34. The topological polar surface area (TPSA) is 169 Å². The molecule has 71 heavy (non-hydrogen) atoms. The fourth-order valence-electron chi connectivity index (χ4n) is 9.39. The van der Waals surface area contributed by atoms with Crippen molar-refractivity contribution in [2.45, 2.75) is 320 Å². The molecule has 1 amide bonds. The van der Waals surface area contributed by atoms with Crippen molar-refractivity contribution in [3.63, 3.8) is 0 Å². The Morgan fingerprint density at radius 2 is 0.873 bits per heavy atom. The molecule has 1 aliphatic rings. The molecule has 10 heteroatoms. The van der Waals surface area contributed by atoms with E-state index in [-0.39, 0.29) is 6.61 Å². The van der Waals surface area contributed by atoms with Crippen LogP contribution >= 0.6 is 0 Å². The van der Waals surface area contributed by atoms with E-state index in [1.165, 1.54) is 199 Å². The third kappa shape index (κ3) is 39.2. The van der Waals surface area contributed by atoms with Crippen LogP contribution in [-0.2, 0) is 14.3 Å². The van der Waals surface area contributed by atoms with E-state index in [1.807, 2.05) is 6.08 Å². The van der Waals surface area contributed by atoms with Crippen LogP contribution in [0.1, 0.15) is 271 Å². The highest BCUT2D eigenvalue weighted by Gasteiger charge is 2.44. The van der Waals surface area contributed by atoms with Crippen LogP contribution in [0, 0.1) is 0 Å². The first-order chi connectivity index (χ1) is 34.8. The second kappa shape index (κ2) is 50.3. The van der Waals surface area contributed by atoms with E-state index in [9.17, 15) is 35.4 Å². The van der Waals surface area contributed by atoms with Crippen LogP contribution in [0.2, 0.25) is 0 Å². The van der Waals surface area contributed by atoms with E-state index in [2.05, 4.69) is 55.6 Å². The maximum absolute atomic E-state index is 13.1. The largest absolute Gasteiger partial charge is 0.394 e. The molecule has 0 aromatic heterocycles. The van der Waals surface area contributed by atoms with Crippen molar-refractivity contribution in [2.24, 2.45) is 0 Å². The van der Waals surface area contributed by atoms with E-state index in [1.54, 1.807) is 6.08 Å². The van der Waals surface area contributed by atoms with Crippen LogP contribution < -0.4 is 5.32 Å². The predicted molar refractivity (Wildman–Crippen MR) is 296 cm³/mol. The molecular weight excluding hydrogens is 891 g/mol. The third-order valence-corrected chi connectivity index (χ3v) is 14.2. The van der Waals surface area contributed by atoms with Gasteiger partial charge in [0.1, 0.15) is 30.5 Å². The number of hydrogen-bond acceptors (Lipinski definition) is 9. The van der Waals surface area contributed by atoms with Gasteiger partial charge in [0.2, 0.25) is 5.91 Å². The zero-order valence-electron chi connectivity index (χ0n) is 45.8. The number of nitrogens with one attached hydrogen (secondary N) is 1. The molecule has 0 radical (unpaired) electrons. The first-order valence-corrected chi connectivity index (χ1v) is 30.0. The molecule has 8 atom stereocenters. The third-order valence-electron chi connectivity index (χ3n) is 14.2. The van der Waals surface area contributed by atoms with Crippen molar-refractivity contribution >= 4 is 5.91 Å². The minimum absolute atomic E-state index is 0.304.